The lowest BCUT2D eigenvalue weighted by Crippen LogP contribution is -2.17. The first-order valence-corrected chi connectivity index (χ1v) is 8.27. The van der Waals surface area contributed by atoms with Crippen LogP contribution in [-0.2, 0) is 6.54 Å². The Balaban J connectivity index is 1.86. The average Bonchev–Trinajstić information content (AvgIpc) is 3.08. The highest BCUT2D eigenvalue weighted by Crippen LogP contribution is 2.23. The molecule has 0 atom stereocenters. The number of benzene rings is 2. The SMILES string of the molecule is CCn1nc(-c2ccc(OC)cc2)cc1C(=O)Nc1ccc(Cl)cc1. The molecule has 0 aliphatic rings. The maximum absolute atomic E-state index is 12.6. The van der Waals surface area contributed by atoms with E-state index in [-0.39, 0.29) is 5.91 Å². The van der Waals surface area contributed by atoms with Crippen molar-refractivity contribution in [1.29, 1.82) is 0 Å². The Morgan fingerprint density at radius 3 is 2.44 bits per heavy atom. The van der Waals surface area contributed by atoms with Gasteiger partial charge in [0.2, 0.25) is 0 Å². The van der Waals surface area contributed by atoms with E-state index in [4.69, 9.17) is 16.3 Å². The largest absolute Gasteiger partial charge is 0.497 e. The molecule has 2 aromatic carbocycles. The van der Waals surface area contributed by atoms with Crippen molar-refractivity contribution in [3.63, 3.8) is 0 Å². The number of amides is 1. The molecule has 1 heterocycles. The average molecular weight is 356 g/mol. The van der Waals surface area contributed by atoms with Crippen molar-refractivity contribution in [2.45, 2.75) is 13.5 Å². The fraction of sp³-hybridized carbons (Fsp3) is 0.158. The monoisotopic (exact) mass is 355 g/mol. The molecule has 6 heteroatoms. The number of nitrogens with zero attached hydrogens (tertiary/aromatic N) is 2. The molecule has 0 fully saturated rings. The Morgan fingerprint density at radius 1 is 1.16 bits per heavy atom. The van der Waals surface area contributed by atoms with E-state index in [0.717, 1.165) is 17.0 Å². The van der Waals surface area contributed by atoms with Gasteiger partial charge < -0.3 is 10.1 Å². The topological polar surface area (TPSA) is 56.2 Å². The second kappa shape index (κ2) is 7.40. The van der Waals surface area contributed by atoms with Crippen LogP contribution in [0, 0.1) is 0 Å². The van der Waals surface area contributed by atoms with E-state index in [0.29, 0.717) is 22.9 Å². The van der Waals surface area contributed by atoms with E-state index in [9.17, 15) is 4.79 Å². The van der Waals surface area contributed by atoms with E-state index < -0.39 is 0 Å². The van der Waals surface area contributed by atoms with Crippen LogP contribution in [0.1, 0.15) is 17.4 Å². The van der Waals surface area contributed by atoms with Gasteiger partial charge in [-0.15, -0.1) is 0 Å². The summed E-state index contributed by atoms with van der Waals surface area (Å²) in [5.74, 6) is 0.566. The van der Waals surface area contributed by atoms with Gasteiger partial charge in [-0.1, -0.05) is 11.6 Å². The molecule has 0 saturated heterocycles. The van der Waals surface area contributed by atoms with Crippen molar-refractivity contribution in [2.75, 3.05) is 12.4 Å². The van der Waals surface area contributed by atoms with E-state index in [1.165, 1.54) is 0 Å². The molecule has 1 aromatic heterocycles. The van der Waals surface area contributed by atoms with Gasteiger partial charge in [0.25, 0.3) is 5.91 Å². The zero-order valence-corrected chi connectivity index (χ0v) is 14.7. The third-order valence-electron chi connectivity index (χ3n) is 3.80. The molecular weight excluding hydrogens is 338 g/mol. The van der Waals surface area contributed by atoms with Gasteiger partial charge in [-0.3, -0.25) is 9.48 Å². The minimum atomic E-state index is -0.212. The lowest BCUT2D eigenvalue weighted by molar-refractivity contribution is 0.101. The first-order valence-electron chi connectivity index (χ1n) is 7.90. The van der Waals surface area contributed by atoms with Crippen molar-refractivity contribution in [1.82, 2.24) is 9.78 Å². The molecule has 0 unspecified atom stereocenters. The van der Waals surface area contributed by atoms with Gasteiger partial charge in [0.1, 0.15) is 11.4 Å². The molecule has 128 valence electrons. The maximum atomic E-state index is 12.6. The molecule has 1 N–H and O–H groups in total. The predicted octanol–water partition coefficient (Wildman–Crippen LogP) is 4.48. The number of aromatic nitrogens is 2. The van der Waals surface area contributed by atoms with Gasteiger partial charge in [-0.05, 0) is 61.5 Å². The van der Waals surface area contributed by atoms with Gasteiger partial charge in [0.15, 0.2) is 0 Å². The lowest BCUT2D eigenvalue weighted by atomic mass is 10.1. The molecule has 3 rings (SSSR count). The van der Waals surface area contributed by atoms with E-state index in [2.05, 4.69) is 10.4 Å². The van der Waals surface area contributed by atoms with Crippen LogP contribution in [0.15, 0.2) is 54.6 Å². The lowest BCUT2D eigenvalue weighted by Gasteiger charge is -2.06. The van der Waals surface area contributed by atoms with E-state index in [1.54, 1.807) is 42.1 Å². The number of carbonyl (C=O) groups is 1. The van der Waals surface area contributed by atoms with E-state index in [1.807, 2.05) is 31.2 Å². The predicted molar refractivity (Wildman–Crippen MR) is 99.3 cm³/mol. The normalized spacial score (nSPS) is 10.5. The number of hydrogen-bond acceptors (Lipinski definition) is 3. The van der Waals surface area contributed by atoms with Crippen LogP contribution in [0.3, 0.4) is 0 Å². The number of ether oxygens (including phenoxy) is 1. The highest BCUT2D eigenvalue weighted by Gasteiger charge is 2.16. The Bertz CT molecular complexity index is 871. The highest BCUT2D eigenvalue weighted by atomic mass is 35.5. The Labute approximate surface area is 151 Å². The fourth-order valence-corrected chi connectivity index (χ4v) is 2.60. The summed E-state index contributed by atoms with van der Waals surface area (Å²) in [5, 5.41) is 8.01. The van der Waals surface area contributed by atoms with Gasteiger partial charge in [0, 0.05) is 22.8 Å². The molecule has 0 aliphatic carbocycles. The van der Waals surface area contributed by atoms with Gasteiger partial charge >= 0.3 is 0 Å². The number of aryl methyl sites for hydroxylation is 1. The molecule has 25 heavy (non-hydrogen) atoms. The van der Waals surface area contributed by atoms with Crippen LogP contribution in [0.25, 0.3) is 11.3 Å². The Morgan fingerprint density at radius 2 is 1.84 bits per heavy atom. The number of halogens is 1. The number of carbonyl (C=O) groups excluding carboxylic acids is 1. The van der Waals surface area contributed by atoms with Gasteiger partial charge in [-0.2, -0.15) is 5.10 Å². The summed E-state index contributed by atoms with van der Waals surface area (Å²) in [6, 6.07) is 16.4. The summed E-state index contributed by atoms with van der Waals surface area (Å²) in [6.45, 7) is 2.55. The quantitative estimate of drug-likeness (QED) is 0.733. The standard InChI is InChI=1S/C19H18ClN3O2/c1-3-23-18(19(24)21-15-8-6-14(20)7-9-15)12-17(22-23)13-4-10-16(25-2)11-5-13/h4-12H,3H2,1-2H3,(H,21,24). The highest BCUT2D eigenvalue weighted by molar-refractivity contribution is 6.30. The third-order valence-corrected chi connectivity index (χ3v) is 4.05. The van der Waals surface area contributed by atoms with Crippen LogP contribution in [0.4, 0.5) is 5.69 Å². The first-order chi connectivity index (χ1) is 12.1. The number of hydrogen-bond donors (Lipinski definition) is 1. The number of nitrogens with one attached hydrogen (secondary N) is 1. The van der Waals surface area contributed by atoms with Crippen LogP contribution >= 0.6 is 11.6 Å². The second-order valence-corrected chi connectivity index (χ2v) is 5.86. The van der Waals surface area contributed by atoms with Crippen molar-refractivity contribution < 1.29 is 9.53 Å². The summed E-state index contributed by atoms with van der Waals surface area (Å²) >= 11 is 5.87. The minimum absolute atomic E-state index is 0.212. The third kappa shape index (κ3) is 3.83. The van der Waals surface area contributed by atoms with Crippen LogP contribution < -0.4 is 10.1 Å². The van der Waals surface area contributed by atoms with Gasteiger partial charge in [-0.25, -0.2) is 0 Å². The summed E-state index contributed by atoms with van der Waals surface area (Å²) in [7, 11) is 1.63. The number of methoxy groups -OCH3 is 1. The van der Waals surface area contributed by atoms with Crippen molar-refractivity contribution >= 4 is 23.2 Å². The minimum Gasteiger partial charge on any atom is -0.497 e. The first kappa shape index (κ1) is 17.0. The number of rotatable bonds is 5. The summed E-state index contributed by atoms with van der Waals surface area (Å²) in [6.07, 6.45) is 0. The molecule has 0 radical (unpaired) electrons. The van der Waals surface area contributed by atoms with Crippen LogP contribution in [0.2, 0.25) is 5.02 Å². The summed E-state index contributed by atoms with van der Waals surface area (Å²) in [4.78, 5) is 12.6. The van der Waals surface area contributed by atoms with Crippen molar-refractivity contribution in [2.24, 2.45) is 0 Å². The molecule has 1 amide bonds. The zero-order chi connectivity index (χ0) is 17.8. The van der Waals surface area contributed by atoms with Crippen LogP contribution in [0.5, 0.6) is 5.75 Å². The molecule has 0 saturated carbocycles. The Hall–Kier alpha value is -2.79. The second-order valence-electron chi connectivity index (χ2n) is 5.42. The van der Waals surface area contributed by atoms with E-state index >= 15 is 0 Å². The summed E-state index contributed by atoms with van der Waals surface area (Å²) in [5.41, 5.74) is 2.85. The molecule has 0 bridgehead atoms. The smallest absolute Gasteiger partial charge is 0.273 e. The molecule has 3 aromatic rings. The molecular formula is C19H18ClN3O2. The maximum Gasteiger partial charge on any atom is 0.273 e. The van der Waals surface area contributed by atoms with Crippen molar-refractivity contribution in [3.05, 3.63) is 65.3 Å². The number of anilines is 1. The van der Waals surface area contributed by atoms with Gasteiger partial charge in [0.05, 0.1) is 12.8 Å². The Kier molecular flexibility index (Phi) is 5.05. The summed E-state index contributed by atoms with van der Waals surface area (Å²) < 4.78 is 6.85. The molecule has 5 nitrogen and oxygen atoms in total. The zero-order valence-electron chi connectivity index (χ0n) is 14.0. The molecule has 0 aliphatic heterocycles. The fourth-order valence-electron chi connectivity index (χ4n) is 2.47. The van der Waals surface area contributed by atoms with Crippen molar-refractivity contribution in [3.8, 4) is 17.0 Å². The molecule has 0 spiro atoms. The van der Waals surface area contributed by atoms with Crippen LogP contribution in [-0.4, -0.2) is 22.8 Å².